The second kappa shape index (κ2) is 4.98. The molecule has 94 valence electrons. The fraction of sp³-hybridized carbons (Fsp3) is 0.833. The topological polar surface area (TPSA) is 51.0 Å². The maximum atomic E-state index is 5.37. The molecule has 3 rings (SSSR count). The summed E-state index contributed by atoms with van der Waals surface area (Å²) in [7, 11) is 0. The molecule has 1 saturated carbocycles. The third kappa shape index (κ3) is 2.36. The minimum absolute atomic E-state index is 0.297. The molecule has 3 unspecified atom stereocenters. The number of aromatic nitrogens is 2. The summed E-state index contributed by atoms with van der Waals surface area (Å²) in [5.74, 6) is 3.28. The van der Waals surface area contributed by atoms with Gasteiger partial charge in [0.25, 0.3) is 0 Å². The van der Waals surface area contributed by atoms with Gasteiger partial charge in [0.05, 0.1) is 11.8 Å². The van der Waals surface area contributed by atoms with Gasteiger partial charge in [0.1, 0.15) is 0 Å². The first-order chi connectivity index (χ1) is 8.36. The minimum atomic E-state index is 0.297. The van der Waals surface area contributed by atoms with Gasteiger partial charge in [0.2, 0.25) is 5.89 Å². The highest BCUT2D eigenvalue weighted by Gasteiger charge is 2.37. The Hall–Kier alpha value is -0.550. The van der Waals surface area contributed by atoms with Gasteiger partial charge in [-0.2, -0.15) is 16.7 Å². The first-order valence-corrected chi connectivity index (χ1v) is 7.83. The molecule has 1 aromatic heterocycles. The lowest BCUT2D eigenvalue weighted by molar-refractivity contribution is 0.324. The van der Waals surface area contributed by atoms with Gasteiger partial charge >= 0.3 is 0 Å². The predicted octanol–water partition coefficient (Wildman–Crippen LogP) is 2.53. The molecule has 1 aromatic rings. The molecule has 1 saturated heterocycles. The van der Waals surface area contributed by atoms with Crippen LogP contribution in [0.3, 0.4) is 0 Å². The van der Waals surface area contributed by atoms with Crippen molar-refractivity contribution < 1.29 is 4.52 Å². The van der Waals surface area contributed by atoms with Gasteiger partial charge in [-0.1, -0.05) is 18.0 Å². The van der Waals surface area contributed by atoms with Crippen molar-refractivity contribution in [3.8, 4) is 0 Å². The van der Waals surface area contributed by atoms with Crippen LogP contribution in [-0.2, 0) is 5.75 Å². The van der Waals surface area contributed by atoms with Gasteiger partial charge in [-0.05, 0) is 31.4 Å². The Kier molecular flexibility index (Phi) is 3.38. The maximum absolute atomic E-state index is 5.37. The summed E-state index contributed by atoms with van der Waals surface area (Å²) in [4.78, 5) is 4.48. The van der Waals surface area contributed by atoms with E-state index >= 15 is 0 Å². The summed E-state index contributed by atoms with van der Waals surface area (Å²) in [6, 6.07) is 0.982. The molecule has 2 fully saturated rings. The first kappa shape index (κ1) is 11.5. The highest BCUT2D eigenvalue weighted by atomic mass is 32.2. The molecule has 2 heterocycles. The summed E-state index contributed by atoms with van der Waals surface area (Å²) in [5, 5.41) is 7.68. The van der Waals surface area contributed by atoms with Gasteiger partial charge in [0.15, 0.2) is 5.82 Å². The molecule has 0 bridgehead atoms. The van der Waals surface area contributed by atoms with Crippen molar-refractivity contribution in [2.45, 2.75) is 49.9 Å². The van der Waals surface area contributed by atoms with E-state index in [9.17, 15) is 0 Å². The van der Waals surface area contributed by atoms with Gasteiger partial charge in [0, 0.05) is 6.04 Å². The predicted molar refractivity (Wildman–Crippen MR) is 67.8 cm³/mol. The molecular weight excluding hydrogens is 234 g/mol. The summed E-state index contributed by atoms with van der Waals surface area (Å²) >= 11 is 1.73. The summed E-state index contributed by atoms with van der Waals surface area (Å²) in [5.41, 5.74) is 0. The molecule has 4 nitrogen and oxygen atoms in total. The molecule has 1 aliphatic carbocycles. The largest absolute Gasteiger partial charge is 0.338 e. The van der Waals surface area contributed by atoms with Crippen molar-refractivity contribution >= 4 is 11.8 Å². The standard InChI is InChI=1S/C12H19N3OS/c1-17-7-11-14-12(16-15-11)10-6-8-4-2-3-5-9(8)13-10/h8-10,13H,2-7H2,1H3. The molecular formula is C12H19N3OS. The average Bonchev–Trinajstić information content (AvgIpc) is 2.94. The molecule has 0 radical (unpaired) electrons. The lowest BCUT2D eigenvalue weighted by atomic mass is 9.85. The van der Waals surface area contributed by atoms with Crippen LogP contribution >= 0.6 is 11.8 Å². The van der Waals surface area contributed by atoms with E-state index in [-0.39, 0.29) is 0 Å². The lowest BCUT2D eigenvalue weighted by Crippen LogP contribution is -2.30. The van der Waals surface area contributed by atoms with Crippen LogP contribution < -0.4 is 5.32 Å². The first-order valence-electron chi connectivity index (χ1n) is 6.44. The van der Waals surface area contributed by atoms with E-state index < -0.39 is 0 Å². The van der Waals surface area contributed by atoms with E-state index in [4.69, 9.17) is 4.52 Å². The van der Waals surface area contributed by atoms with Gasteiger partial charge in [-0.3, -0.25) is 0 Å². The number of thioether (sulfide) groups is 1. The van der Waals surface area contributed by atoms with Crippen LogP contribution in [0.4, 0.5) is 0 Å². The van der Waals surface area contributed by atoms with Gasteiger partial charge in [-0.15, -0.1) is 0 Å². The van der Waals surface area contributed by atoms with E-state index in [1.807, 2.05) is 0 Å². The van der Waals surface area contributed by atoms with Crippen molar-refractivity contribution in [3.63, 3.8) is 0 Å². The van der Waals surface area contributed by atoms with E-state index in [0.29, 0.717) is 12.1 Å². The normalized spacial score (nSPS) is 32.6. The number of hydrogen-bond acceptors (Lipinski definition) is 5. The molecule has 0 spiro atoms. The zero-order valence-corrected chi connectivity index (χ0v) is 11.0. The Balaban J connectivity index is 1.68. The SMILES string of the molecule is CSCc1noc(C2CC3CCCCC3N2)n1. The molecule has 2 aliphatic rings. The number of rotatable bonds is 3. The summed E-state index contributed by atoms with van der Waals surface area (Å²) in [6.07, 6.45) is 8.65. The number of nitrogens with zero attached hydrogens (tertiary/aromatic N) is 2. The molecule has 1 N–H and O–H groups in total. The Bertz CT molecular complexity index is 368. The second-order valence-corrected chi connectivity index (χ2v) is 5.95. The summed E-state index contributed by atoms with van der Waals surface area (Å²) in [6.45, 7) is 0. The monoisotopic (exact) mass is 253 g/mol. The Morgan fingerprint density at radius 3 is 3.12 bits per heavy atom. The zero-order chi connectivity index (χ0) is 11.7. The van der Waals surface area contributed by atoms with Crippen molar-refractivity contribution in [1.29, 1.82) is 0 Å². The fourth-order valence-electron chi connectivity index (χ4n) is 3.11. The minimum Gasteiger partial charge on any atom is -0.338 e. The van der Waals surface area contributed by atoms with Crippen molar-refractivity contribution in [1.82, 2.24) is 15.5 Å². The second-order valence-electron chi connectivity index (χ2n) is 5.09. The molecule has 3 atom stereocenters. The lowest BCUT2D eigenvalue weighted by Gasteiger charge is -2.24. The van der Waals surface area contributed by atoms with Crippen molar-refractivity contribution in [2.24, 2.45) is 5.92 Å². The van der Waals surface area contributed by atoms with Gasteiger partial charge < -0.3 is 9.84 Å². The number of hydrogen-bond donors (Lipinski definition) is 1. The molecule has 0 aromatic carbocycles. The third-order valence-corrected chi connectivity index (χ3v) is 4.46. The zero-order valence-electron chi connectivity index (χ0n) is 10.2. The van der Waals surface area contributed by atoms with Crippen LogP contribution in [0, 0.1) is 5.92 Å². The Morgan fingerprint density at radius 1 is 1.41 bits per heavy atom. The molecule has 1 aliphatic heterocycles. The quantitative estimate of drug-likeness (QED) is 0.897. The highest BCUT2D eigenvalue weighted by molar-refractivity contribution is 7.97. The van der Waals surface area contributed by atoms with E-state index in [0.717, 1.165) is 23.4 Å². The van der Waals surface area contributed by atoms with Crippen LogP contribution in [-0.4, -0.2) is 22.4 Å². The Morgan fingerprint density at radius 2 is 2.29 bits per heavy atom. The van der Waals surface area contributed by atoms with E-state index in [1.54, 1.807) is 11.8 Å². The van der Waals surface area contributed by atoms with Crippen LogP contribution in [0.1, 0.15) is 49.9 Å². The van der Waals surface area contributed by atoms with E-state index in [2.05, 4.69) is 21.7 Å². The van der Waals surface area contributed by atoms with E-state index in [1.165, 1.54) is 32.1 Å². The van der Waals surface area contributed by atoms with Crippen LogP contribution in [0.5, 0.6) is 0 Å². The number of fused-ring (bicyclic) bond motifs is 1. The average molecular weight is 253 g/mol. The molecule has 0 amide bonds. The molecule has 17 heavy (non-hydrogen) atoms. The smallest absolute Gasteiger partial charge is 0.243 e. The molecule has 5 heteroatoms. The van der Waals surface area contributed by atoms with Crippen LogP contribution in [0.25, 0.3) is 0 Å². The van der Waals surface area contributed by atoms with Crippen LogP contribution in [0.2, 0.25) is 0 Å². The Labute approximate surface area is 106 Å². The van der Waals surface area contributed by atoms with Crippen molar-refractivity contribution in [2.75, 3.05) is 6.26 Å². The third-order valence-electron chi connectivity index (χ3n) is 3.92. The van der Waals surface area contributed by atoms with Gasteiger partial charge in [-0.25, -0.2) is 0 Å². The van der Waals surface area contributed by atoms with Crippen molar-refractivity contribution in [3.05, 3.63) is 11.7 Å². The summed E-state index contributed by atoms with van der Waals surface area (Å²) < 4.78 is 5.37. The number of nitrogens with one attached hydrogen (secondary N) is 1. The van der Waals surface area contributed by atoms with Crippen LogP contribution in [0.15, 0.2) is 4.52 Å². The maximum Gasteiger partial charge on any atom is 0.243 e. The fourth-order valence-corrected chi connectivity index (χ4v) is 3.48. The highest BCUT2D eigenvalue weighted by Crippen LogP contribution is 2.38.